The van der Waals surface area contributed by atoms with Crippen molar-refractivity contribution in [3.8, 4) is 10.4 Å². The predicted octanol–water partition coefficient (Wildman–Crippen LogP) is 3.46. The lowest BCUT2D eigenvalue weighted by Crippen LogP contribution is -2.59. The van der Waals surface area contributed by atoms with Crippen molar-refractivity contribution < 1.29 is 23.9 Å². The molecule has 4 unspecified atom stereocenters. The van der Waals surface area contributed by atoms with E-state index in [0.29, 0.717) is 0 Å². The molecule has 1 aromatic carbocycles. The number of alkyl halides is 1. The molecular weight excluding hydrogens is 507 g/mol. The van der Waals surface area contributed by atoms with Crippen LogP contribution in [-0.2, 0) is 14.4 Å². The third kappa shape index (κ3) is 5.81. The third-order valence-corrected chi connectivity index (χ3v) is 8.14. The van der Waals surface area contributed by atoms with Crippen molar-refractivity contribution in [2.75, 3.05) is 6.54 Å². The number of halogens is 1. The summed E-state index contributed by atoms with van der Waals surface area (Å²) in [7, 11) is 0. The Bertz CT molecular complexity index is 1220. The molecule has 0 bridgehead atoms. The fraction of sp³-hybridized carbons (Fsp3) is 0.500. The molecule has 0 radical (unpaired) electrons. The van der Waals surface area contributed by atoms with Gasteiger partial charge < -0.3 is 20.6 Å². The van der Waals surface area contributed by atoms with Crippen LogP contribution in [0.4, 0.5) is 4.39 Å². The van der Waals surface area contributed by atoms with Crippen molar-refractivity contribution >= 4 is 29.1 Å². The average Bonchev–Trinajstić information content (AvgIpc) is 3.28. The molecule has 4 rings (SSSR count). The van der Waals surface area contributed by atoms with Gasteiger partial charge in [0.2, 0.25) is 11.8 Å². The molecule has 204 valence electrons. The summed E-state index contributed by atoms with van der Waals surface area (Å²) in [6, 6.07) is 5.21. The van der Waals surface area contributed by atoms with Crippen LogP contribution in [-0.4, -0.2) is 63.1 Å². The van der Waals surface area contributed by atoms with E-state index in [1.807, 2.05) is 31.2 Å². The molecule has 10 heteroatoms. The Kier molecular flexibility index (Phi) is 7.76. The molecule has 1 aliphatic carbocycles. The first-order valence-corrected chi connectivity index (χ1v) is 13.6. The number of aryl methyl sites for hydroxylation is 1. The predicted molar refractivity (Wildman–Crippen MR) is 144 cm³/mol. The monoisotopic (exact) mass is 542 g/mol. The molecule has 3 amide bonds. The van der Waals surface area contributed by atoms with Gasteiger partial charge in [-0.25, -0.2) is 9.37 Å². The van der Waals surface area contributed by atoms with Crippen LogP contribution in [0.25, 0.3) is 10.4 Å². The normalized spacial score (nSPS) is 21.9. The van der Waals surface area contributed by atoms with Crippen LogP contribution in [0.15, 0.2) is 42.4 Å². The lowest BCUT2D eigenvalue weighted by atomic mass is 9.85. The van der Waals surface area contributed by atoms with E-state index in [1.165, 1.54) is 4.90 Å². The SMILES string of the molecule is C=CC(NC(=O)C1CC(O)CN1C(=O)C(NC(=O)C1(F)CC1)C(C)(C)C)c1ccc(-c2scnc2C)cc1. The molecule has 1 saturated heterocycles. The van der Waals surface area contributed by atoms with Crippen molar-refractivity contribution in [3.05, 3.63) is 53.7 Å². The highest BCUT2D eigenvalue weighted by atomic mass is 32.1. The second-order valence-corrected chi connectivity index (χ2v) is 12.1. The second-order valence-electron chi connectivity index (χ2n) is 11.2. The molecule has 0 spiro atoms. The lowest BCUT2D eigenvalue weighted by molar-refractivity contribution is -0.145. The smallest absolute Gasteiger partial charge is 0.258 e. The van der Waals surface area contributed by atoms with Crippen molar-refractivity contribution in [2.45, 2.75) is 76.9 Å². The van der Waals surface area contributed by atoms with Crippen LogP contribution in [0, 0.1) is 12.3 Å². The van der Waals surface area contributed by atoms with Gasteiger partial charge in [0.15, 0.2) is 5.67 Å². The summed E-state index contributed by atoms with van der Waals surface area (Å²) in [5.41, 5.74) is 1.91. The van der Waals surface area contributed by atoms with Crippen molar-refractivity contribution in [1.29, 1.82) is 0 Å². The van der Waals surface area contributed by atoms with E-state index in [1.54, 1.807) is 43.7 Å². The Labute approximate surface area is 226 Å². The number of likely N-dealkylation sites (tertiary alicyclic amines) is 1. The van der Waals surface area contributed by atoms with E-state index in [9.17, 15) is 23.9 Å². The van der Waals surface area contributed by atoms with E-state index in [0.717, 1.165) is 21.7 Å². The highest BCUT2D eigenvalue weighted by Gasteiger charge is 2.53. The first-order chi connectivity index (χ1) is 17.8. The number of amides is 3. The van der Waals surface area contributed by atoms with E-state index in [4.69, 9.17) is 0 Å². The van der Waals surface area contributed by atoms with Gasteiger partial charge >= 0.3 is 0 Å². The largest absolute Gasteiger partial charge is 0.391 e. The molecule has 2 heterocycles. The zero-order valence-corrected chi connectivity index (χ0v) is 23.0. The minimum Gasteiger partial charge on any atom is -0.391 e. The van der Waals surface area contributed by atoms with Gasteiger partial charge in [-0.15, -0.1) is 17.9 Å². The summed E-state index contributed by atoms with van der Waals surface area (Å²) in [4.78, 5) is 46.1. The molecule has 1 aliphatic heterocycles. The Balaban J connectivity index is 1.49. The van der Waals surface area contributed by atoms with Gasteiger partial charge in [0.25, 0.3) is 5.91 Å². The number of carbonyl (C=O) groups is 3. The number of aromatic nitrogens is 1. The number of β-amino-alcohol motifs (C(OH)–C–C–N with tert-alkyl or cyclic N) is 1. The summed E-state index contributed by atoms with van der Waals surface area (Å²) in [6.07, 6.45) is 1.03. The summed E-state index contributed by atoms with van der Waals surface area (Å²) < 4.78 is 14.4. The summed E-state index contributed by atoms with van der Waals surface area (Å²) >= 11 is 1.56. The molecule has 2 aliphatic rings. The van der Waals surface area contributed by atoms with Crippen LogP contribution in [0.3, 0.4) is 0 Å². The molecule has 1 saturated carbocycles. The molecular formula is C28H35FN4O4S. The van der Waals surface area contributed by atoms with Gasteiger partial charge in [0.1, 0.15) is 12.1 Å². The average molecular weight is 543 g/mol. The highest BCUT2D eigenvalue weighted by molar-refractivity contribution is 7.13. The minimum atomic E-state index is -1.93. The Morgan fingerprint density at radius 3 is 2.42 bits per heavy atom. The second kappa shape index (κ2) is 10.6. The van der Waals surface area contributed by atoms with Crippen LogP contribution >= 0.6 is 11.3 Å². The maximum Gasteiger partial charge on any atom is 0.258 e. The molecule has 1 aromatic heterocycles. The quantitative estimate of drug-likeness (QED) is 0.443. The highest BCUT2D eigenvalue weighted by Crippen LogP contribution is 2.40. The van der Waals surface area contributed by atoms with Gasteiger partial charge in [0.05, 0.1) is 28.2 Å². The first-order valence-electron chi connectivity index (χ1n) is 12.8. The number of nitrogens with one attached hydrogen (secondary N) is 2. The van der Waals surface area contributed by atoms with E-state index < -0.39 is 53.0 Å². The number of benzene rings is 1. The molecule has 3 N–H and O–H groups in total. The zero-order valence-electron chi connectivity index (χ0n) is 22.2. The van der Waals surface area contributed by atoms with Gasteiger partial charge in [-0.3, -0.25) is 14.4 Å². The summed E-state index contributed by atoms with van der Waals surface area (Å²) in [5.74, 6) is -1.77. The van der Waals surface area contributed by atoms with Gasteiger partial charge in [-0.05, 0) is 36.3 Å². The fourth-order valence-corrected chi connectivity index (χ4v) is 5.48. The van der Waals surface area contributed by atoms with Crippen LogP contribution in [0.1, 0.15) is 57.3 Å². The Morgan fingerprint density at radius 1 is 1.24 bits per heavy atom. The van der Waals surface area contributed by atoms with Gasteiger partial charge in [0, 0.05) is 13.0 Å². The fourth-order valence-electron chi connectivity index (χ4n) is 4.67. The number of aliphatic hydroxyl groups excluding tert-OH is 1. The summed E-state index contributed by atoms with van der Waals surface area (Å²) in [6.45, 7) is 11.0. The molecule has 2 fully saturated rings. The van der Waals surface area contributed by atoms with E-state index >= 15 is 0 Å². The Morgan fingerprint density at radius 2 is 1.89 bits per heavy atom. The van der Waals surface area contributed by atoms with Crippen LogP contribution in [0.2, 0.25) is 0 Å². The maximum absolute atomic E-state index is 14.4. The first kappa shape index (κ1) is 27.9. The minimum absolute atomic E-state index is 0.0538. The number of carbonyl (C=O) groups excluding carboxylic acids is 3. The zero-order chi connectivity index (χ0) is 27.8. The topological polar surface area (TPSA) is 112 Å². The van der Waals surface area contributed by atoms with Gasteiger partial charge in [-0.1, -0.05) is 51.1 Å². The number of hydrogen-bond donors (Lipinski definition) is 3. The van der Waals surface area contributed by atoms with Crippen LogP contribution in [0.5, 0.6) is 0 Å². The Hall–Kier alpha value is -3.11. The third-order valence-electron chi connectivity index (χ3n) is 7.16. The van der Waals surface area contributed by atoms with E-state index in [-0.39, 0.29) is 25.8 Å². The van der Waals surface area contributed by atoms with E-state index in [2.05, 4.69) is 22.2 Å². The van der Waals surface area contributed by atoms with Gasteiger partial charge in [-0.2, -0.15) is 0 Å². The van der Waals surface area contributed by atoms with Crippen molar-refractivity contribution in [3.63, 3.8) is 0 Å². The number of hydrogen-bond acceptors (Lipinski definition) is 6. The standard InChI is InChI=1S/C28H35FN4O4S/c1-6-20(17-7-9-18(10-8-17)22-16(2)30-15-38-22)31-24(35)21-13-19(34)14-33(21)25(36)23(27(3,4)5)32-26(37)28(29)11-12-28/h6-10,15,19-21,23,34H,1,11-14H2,2-5H3,(H,31,35)(H,32,37). The molecule has 8 nitrogen and oxygen atoms in total. The number of rotatable bonds is 8. The molecule has 38 heavy (non-hydrogen) atoms. The molecule has 4 atom stereocenters. The molecule has 2 aromatic rings. The number of aliphatic hydroxyl groups is 1. The number of thiazole rings is 1. The lowest BCUT2D eigenvalue weighted by Gasteiger charge is -2.35. The van der Waals surface area contributed by atoms with Crippen molar-refractivity contribution in [1.82, 2.24) is 20.5 Å². The number of nitrogens with zero attached hydrogens (tertiary/aromatic N) is 2. The maximum atomic E-state index is 14.4. The van der Waals surface area contributed by atoms with Crippen molar-refractivity contribution in [2.24, 2.45) is 5.41 Å². The summed E-state index contributed by atoms with van der Waals surface area (Å²) in [5, 5.41) is 15.9. The van der Waals surface area contributed by atoms with Crippen LogP contribution < -0.4 is 10.6 Å².